The van der Waals surface area contributed by atoms with E-state index in [0.717, 1.165) is 0 Å². The number of benzene rings is 1. The first-order valence-corrected chi connectivity index (χ1v) is 4.53. The van der Waals surface area contributed by atoms with E-state index < -0.39 is 5.82 Å². The minimum Gasteiger partial charge on any atom is -0.376 e. The molecule has 1 aromatic rings. The number of carbonyl (C=O) groups excluding carboxylic acids is 1. The number of nitrogens with one attached hydrogen (secondary N) is 2. The first-order chi connectivity index (χ1) is 6.99. The summed E-state index contributed by atoms with van der Waals surface area (Å²) in [6, 6.07) is 4.10. The molecule has 0 aliphatic rings. The van der Waals surface area contributed by atoms with Crippen molar-refractivity contribution in [1.29, 1.82) is 0 Å². The fourth-order valence-electron chi connectivity index (χ4n) is 1.03. The molecule has 4 nitrogen and oxygen atoms in total. The molecule has 15 heavy (non-hydrogen) atoms. The molecule has 0 bridgehead atoms. The number of carbonyl (C=O) groups is 1. The lowest BCUT2D eigenvalue weighted by Gasteiger charge is -2.08. The van der Waals surface area contributed by atoms with Crippen molar-refractivity contribution in [2.45, 2.75) is 6.92 Å². The lowest BCUT2D eigenvalue weighted by Crippen LogP contribution is -2.19. The summed E-state index contributed by atoms with van der Waals surface area (Å²) in [6.45, 7) is 1.30. The van der Waals surface area contributed by atoms with E-state index in [1.54, 1.807) is 0 Å². The zero-order valence-electron chi connectivity index (χ0n) is 8.00. The Hall–Kier alpha value is -1.69. The molecule has 0 unspecified atom stereocenters. The van der Waals surface area contributed by atoms with Crippen LogP contribution in [0.5, 0.6) is 0 Å². The fourth-order valence-corrected chi connectivity index (χ4v) is 1.15. The Balaban J connectivity index is 2.94. The topological polar surface area (TPSA) is 67.2 Å². The summed E-state index contributed by atoms with van der Waals surface area (Å²) in [5, 5.41) is 5.06. The van der Waals surface area contributed by atoms with Gasteiger partial charge in [-0.3, -0.25) is 4.79 Å². The monoisotopic (exact) mass is 227 g/mol. The van der Waals surface area contributed by atoms with Gasteiger partial charge in [-0.05, 0) is 30.4 Å². The first-order valence-electron chi connectivity index (χ1n) is 4.12. The van der Waals surface area contributed by atoms with Crippen LogP contribution in [0.3, 0.4) is 0 Å². The number of hydrogen-bond donors (Lipinski definition) is 3. The minimum atomic E-state index is -0.515. The van der Waals surface area contributed by atoms with E-state index in [9.17, 15) is 9.18 Å². The Morgan fingerprint density at radius 2 is 2.13 bits per heavy atom. The molecule has 0 fully saturated rings. The predicted octanol–water partition coefficient (Wildman–Crippen LogP) is 1.44. The van der Waals surface area contributed by atoms with Crippen molar-refractivity contribution in [3.63, 3.8) is 0 Å². The summed E-state index contributed by atoms with van der Waals surface area (Å²) >= 11 is 4.63. The second-order valence-electron chi connectivity index (χ2n) is 2.87. The van der Waals surface area contributed by atoms with Crippen LogP contribution >= 0.6 is 12.2 Å². The third kappa shape index (κ3) is 3.51. The highest BCUT2D eigenvalue weighted by Crippen LogP contribution is 2.19. The Bertz CT molecular complexity index is 408. The molecule has 0 heterocycles. The van der Waals surface area contributed by atoms with Crippen molar-refractivity contribution in [2.24, 2.45) is 5.73 Å². The zero-order chi connectivity index (χ0) is 11.4. The van der Waals surface area contributed by atoms with E-state index in [1.165, 1.54) is 25.1 Å². The van der Waals surface area contributed by atoms with Crippen LogP contribution in [0.15, 0.2) is 18.2 Å². The van der Waals surface area contributed by atoms with Crippen LogP contribution in [-0.4, -0.2) is 11.0 Å². The van der Waals surface area contributed by atoms with E-state index in [-0.39, 0.29) is 16.7 Å². The summed E-state index contributed by atoms with van der Waals surface area (Å²) in [5.41, 5.74) is 5.86. The van der Waals surface area contributed by atoms with Gasteiger partial charge in [-0.1, -0.05) is 0 Å². The van der Waals surface area contributed by atoms with Gasteiger partial charge in [-0.2, -0.15) is 0 Å². The van der Waals surface area contributed by atoms with Gasteiger partial charge in [-0.25, -0.2) is 4.39 Å². The molecule has 1 rings (SSSR count). The predicted molar refractivity (Wildman–Crippen MR) is 61.1 cm³/mol. The van der Waals surface area contributed by atoms with Gasteiger partial charge in [-0.15, -0.1) is 0 Å². The molecule has 80 valence electrons. The normalized spacial score (nSPS) is 9.47. The Kier molecular flexibility index (Phi) is 3.56. The average Bonchev–Trinajstić information content (AvgIpc) is 2.09. The summed E-state index contributed by atoms with van der Waals surface area (Å²) in [4.78, 5) is 10.8. The lowest BCUT2D eigenvalue weighted by molar-refractivity contribution is -0.114. The van der Waals surface area contributed by atoms with Gasteiger partial charge in [0.05, 0.1) is 5.69 Å². The van der Waals surface area contributed by atoms with Crippen molar-refractivity contribution >= 4 is 34.6 Å². The number of nitrogens with two attached hydrogens (primary N) is 1. The van der Waals surface area contributed by atoms with E-state index in [2.05, 4.69) is 22.9 Å². The van der Waals surface area contributed by atoms with Gasteiger partial charge in [0.2, 0.25) is 5.91 Å². The van der Waals surface area contributed by atoms with Crippen LogP contribution in [0.2, 0.25) is 0 Å². The van der Waals surface area contributed by atoms with Crippen LogP contribution in [0, 0.1) is 5.82 Å². The van der Waals surface area contributed by atoms with Gasteiger partial charge < -0.3 is 16.4 Å². The van der Waals surface area contributed by atoms with Gasteiger partial charge >= 0.3 is 0 Å². The third-order valence-electron chi connectivity index (χ3n) is 1.54. The summed E-state index contributed by atoms with van der Waals surface area (Å²) in [5.74, 6) is -0.861. The average molecular weight is 227 g/mol. The Morgan fingerprint density at radius 3 is 2.67 bits per heavy atom. The SMILES string of the molecule is CC(=O)Nc1cc(NC(N)=S)ccc1F. The summed E-state index contributed by atoms with van der Waals surface area (Å²) < 4.78 is 13.2. The smallest absolute Gasteiger partial charge is 0.221 e. The summed E-state index contributed by atoms with van der Waals surface area (Å²) in [7, 11) is 0. The van der Waals surface area contributed by atoms with Crippen molar-refractivity contribution in [1.82, 2.24) is 0 Å². The van der Waals surface area contributed by atoms with Crippen LogP contribution < -0.4 is 16.4 Å². The molecule has 0 aromatic heterocycles. The standard InChI is InChI=1S/C9H10FN3OS/c1-5(14)12-8-4-6(13-9(11)15)2-3-7(8)10/h2-4H,1H3,(H,12,14)(H3,11,13,15). The maximum Gasteiger partial charge on any atom is 0.221 e. The largest absolute Gasteiger partial charge is 0.376 e. The lowest BCUT2D eigenvalue weighted by atomic mass is 10.2. The second kappa shape index (κ2) is 4.70. The van der Waals surface area contributed by atoms with Gasteiger partial charge in [0, 0.05) is 12.6 Å². The highest BCUT2D eigenvalue weighted by molar-refractivity contribution is 7.80. The molecule has 0 saturated heterocycles. The van der Waals surface area contributed by atoms with Crippen LogP contribution in [0.1, 0.15) is 6.92 Å². The number of anilines is 2. The maximum atomic E-state index is 13.2. The number of halogens is 1. The molecule has 0 spiro atoms. The van der Waals surface area contributed by atoms with Gasteiger partial charge in [0.25, 0.3) is 0 Å². The molecule has 0 radical (unpaired) electrons. The molecular formula is C9H10FN3OS. The molecule has 0 aliphatic carbocycles. The maximum absolute atomic E-state index is 13.2. The van der Waals surface area contributed by atoms with E-state index >= 15 is 0 Å². The molecule has 1 aromatic carbocycles. The highest BCUT2D eigenvalue weighted by Gasteiger charge is 2.05. The quantitative estimate of drug-likeness (QED) is 0.669. The third-order valence-corrected chi connectivity index (χ3v) is 1.65. The van der Waals surface area contributed by atoms with Crippen molar-refractivity contribution in [3.8, 4) is 0 Å². The molecule has 0 atom stereocenters. The molecular weight excluding hydrogens is 217 g/mol. The Labute approximate surface area is 91.7 Å². The van der Waals surface area contributed by atoms with E-state index in [1.807, 2.05) is 0 Å². The zero-order valence-corrected chi connectivity index (χ0v) is 8.82. The van der Waals surface area contributed by atoms with Crippen molar-refractivity contribution in [2.75, 3.05) is 10.6 Å². The molecule has 1 amide bonds. The Morgan fingerprint density at radius 1 is 1.47 bits per heavy atom. The molecule has 0 aliphatic heterocycles. The molecule has 6 heteroatoms. The van der Waals surface area contributed by atoms with Gasteiger partial charge in [0.1, 0.15) is 5.82 Å². The first kappa shape index (κ1) is 11.4. The van der Waals surface area contributed by atoms with Crippen molar-refractivity contribution < 1.29 is 9.18 Å². The second-order valence-corrected chi connectivity index (χ2v) is 3.30. The number of hydrogen-bond acceptors (Lipinski definition) is 2. The number of rotatable bonds is 2. The molecule has 4 N–H and O–H groups in total. The minimum absolute atomic E-state index is 0.0791. The van der Waals surface area contributed by atoms with Crippen LogP contribution in [0.25, 0.3) is 0 Å². The van der Waals surface area contributed by atoms with Crippen LogP contribution in [-0.2, 0) is 4.79 Å². The van der Waals surface area contributed by atoms with E-state index in [4.69, 9.17) is 5.73 Å². The molecule has 0 saturated carbocycles. The van der Waals surface area contributed by atoms with Crippen LogP contribution in [0.4, 0.5) is 15.8 Å². The summed E-state index contributed by atoms with van der Waals surface area (Å²) in [6.07, 6.45) is 0. The highest BCUT2D eigenvalue weighted by atomic mass is 32.1. The van der Waals surface area contributed by atoms with Crippen molar-refractivity contribution in [3.05, 3.63) is 24.0 Å². The van der Waals surface area contributed by atoms with E-state index in [0.29, 0.717) is 5.69 Å². The number of thiocarbonyl (C=S) groups is 1. The number of amides is 1. The van der Waals surface area contributed by atoms with Gasteiger partial charge in [0.15, 0.2) is 5.11 Å². The fraction of sp³-hybridized carbons (Fsp3) is 0.111.